The normalized spacial score (nSPS) is 12.9. The second-order valence-electron chi connectivity index (χ2n) is 3.59. The molecule has 98 valence electrons. The van der Waals surface area contributed by atoms with Gasteiger partial charge in [-0.2, -0.15) is 0 Å². The van der Waals surface area contributed by atoms with Crippen molar-refractivity contribution in [2.75, 3.05) is 12.4 Å². The van der Waals surface area contributed by atoms with E-state index in [4.69, 9.17) is 27.3 Å². The van der Waals surface area contributed by atoms with Crippen LogP contribution in [0.15, 0.2) is 23.4 Å². The van der Waals surface area contributed by atoms with Gasteiger partial charge in [0.2, 0.25) is 5.91 Å². The summed E-state index contributed by atoms with van der Waals surface area (Å²) in [6.45, 7) is 1.52. The van der Waals surface area contributed by atoms with Crippen LogP contribution in [0.25, 0.3) is 0 Å². The van der Waals surface area contributed by atoms with Gasteiger partial charge in [0.15, 0.2) is 5.84 Å². The third kappa shape index (κ3) is 3.27. The molecular weight excluding hydrogens is 258 g/mol. The number of hydrogen-bond donors (Lipinski definition) is 3. The molecule has 0 radical (unpaired) electrons. The number of benzene rings is 1. The van der Waals surface area contributed by atoms with E-state index in [0.29, 0.717) is 16.5 Å². The summed E-state index contributed by atoms with van der Waals surface area (Å²) in [5.74, 6) is -0.784. The van der Waals surface area contributed by atoms with Gasteiger partial charge in [0.05, 0.1) is 18.1 Å². The predicted octanol–water partition coefficient (Wildman–Crippen LogP) is 1.67. The van der Waals surface area contributed by atoms with Gasteiger partial charge < -0.3 is 21.0 Å². The first-order valence-electron chi connectivity index (χ1n) is 5.11. The van der Waals surface area contributed by atoms with Crippen molar-refractivity contribution in [3.63, 3.8) is 0 Å². The highest BCUT2D eigenvalue weighted by atomic mass is 35.5. The fourth-order valence-corrected chi connectivity index (χ4v) is 1.47. The summed E-state index contributed by atoms with van der Waals surface area (Å²) in [6.07, 6.45) is 0. The maximum Gasteiger partial charge on any atom is 0.234 e. The number of nitrogens with zero attached hydrogens (tertiary/aromatic N) is 1. The Kier molecular flexibility index (Phi) is 4.79. The highest BCUT2D eigenvalue weighted by Gasteiger charge is 2.17. The van der Waals surface area contributed by atoms with E-state index in [1.54, 1.807) is 18.2 Å². The molecule has 0 aliphatic heterocycles. The molecule has 0 aliphatic carbocycles. The number of halogens is 1. The molecule has 6 nitrogen and oxygen atoms in total. The molecule has 7 heteroatoms. The van der Waals surface area contributed by atoms with Crippen LogP contribution in [0.5, 0.6) is 5.75 Å². The topological polar surface area (TPSA) is 96.9 Å². The number of nitrogens with one attached hydrogen (secondary N) is 1. The number of oxime groups is 1. The highest BCUT2D eigenvalue weighted by molar-refractivity contribution is 6.32. The van der Waals surface area contributed by atoms with Crippen molar-refractivity contribution >= 4 is 29.0 Å². The van der Waals surface area contributed by atoms with E-state index in [1.165, 1.54) is 14.0 Å². The number of amidine groups is 1. The van der Waals surface area contributed by atoms with Gasteiger partial charge in [-0.1, -0.05) is 16.8 Å². The average Bonchev–Trinajstić information content (AvgIpc) is 2.37. The van der Waals surface area contributed by atoms with Crippen molar-refractivity contribution in [2.24, 2.45) is 16.8 Å². The standard InChI is InChI=1S/C11H14ClN3O3/c1-6(10(13)15-17)11(16)14-7-3-4-9(18-2)8(12)5-7/h3-6,17H,1-2H3,(H2,13,15)(H,14,16). The van der Waals surface area contributed by atoms with E-state index in [0.717, 1.165) is 0 Å². The lowest BCUT2D eigenvalue weighted by atomic mass is 10.1. The fraction of sp³-hybridized carbons (Fsp3) is 0.273. The van der Waals surface area contributed by atoms with Gasteiger partial charge in [-0.15, -0.1) is 0 Å². The molecule has 0 fully saturated rings. The van der Waals surface area contributed by atoms with Crippen LogP contribution < -0.4 is 15.8 Å². The average molecular weight is 272 g/mol. The molecule has 1 unspecified atom stereocenters. The third-order valence-corrected chi connectivity index (χ3v) is 2.67. The number of amides is 1. The fourth-order valence-electron chi connectivity index (χ4n) is 1.22. The third-order valence-electron chi connectivity index (χ3n) is 2.37. The number of anilines is 1. The lowest BCUT2D eigenvalue weighted by Gasteiger charge is -2.11. The molecule has 0 saturated carbocycles. The number of rotatable bonds is 4. The van der Waals surface area contributed by atoms with Crippen LogP contribution in [-0.4, -0.2) is 24.1 Å². The monoisotopic (exact) mass is 271 g/mol. The number of carbonyl (C=O) groups is 1. The first kappa shape index (κ1) is 14.1. The van der Waals surface area contributed by atoms with Crippen molar-refractivity contribution in [3.8, 4) is 5.75 Å². The van der Waals surface area contributed by atoms with Gasteiger partial charge in [-0.3, -0.25) is 4.79 Å². The number of methoxy groups -OCH3 is 1. The Morgan fingerprint density at radius 2 is 2.28 bits per heavy atom. The van der Waals surface area contributed by atoms with Gasteiger partial charge in [-0.05, 0) is 25.1 Å². The van der Waals surface area contributed by atoms with Crippen molar-refractivity contribution in [3.05, 3.63) is 23.2 Å². The maximum atomic E-state index is 11.7. The second-order valence-corrected chi connectivity index (χ2v) is 3.99. The first-order chi connectivity index (χ1) is 8.49. The van der Waals surface area contributed by atoms with Gasteiger partial charge >= 0.3 is 0 Å². The Morgan fingerprint density at radius 1 is 1.61 bits per heavy atom. The molecule has 18 heavy (non-hydrogen) atoms. The molecule has 1 amide bonds. The molecule has 1 rings (SSSR count). The molecule has 1 aromatic carbocycles. The Hall–Kier alpha value is -1.95. The zero-order chi connectivity index (χ0) is 13.7. The van der Waals surface area contributed by atoms with Crippen LogP contribution in [0.3, 0.4) is 0 Å². The lowest BCUT2D eigenvalue weighted by molar-refractivity contribution is -0.117. The van der Waals surface area contributed by atoms with Gasteiger partial charge in [-0.25, -0.2) is 0 Å². The van der Waals surface area contributed by atoms with Crippen molar-refractivity contribution in [1.82, 2.24) is 0 Å². The lowest BCUT2D eigenvalue weighted by Crippen LogP contribution is -2.32. The van der Waals surface area contributed by atoms with Crippen molar-refractivity contribution < 1.29 is 14.7 Å². The Balaban J connectivity index is 2.79. The SMILES string of the molecule is COc1ccc(NC(=O)C(C)C(N)=NO)cc1Cl. The van der Waals surface area contributed by atoms with Crippen LogP contribution in [0.1, 0.15) is 6.92 Å². The zero-order valence-corrected chi connectivity index (χ0v) is 10.7. The number of carbonyl (C=O) groups excluding carboxylic acids is 1. The molecule has 0 spiro atoms. The molecule has 4 N–H and O–H groups in total. The molecular formula is C11H14ClN3O3. The van der Waals surface area contributed by atoms with E-state index in [1.807, 2.05) is 0 Å². The van der Waals surface area contributed by atoms with Crippen LogP contribution in [0, 0.1) is 5.92 Å². The minimum Gasteiger partial charge on any atom is -0.495 e. The van der Waals surface area contributed by atoms with Gasteiger partial charge in [0.25, 0.3) is 0 Å². The summed E-state index contributed by atoms with van der Waals surface area (Å²) in [6, 6.07) is 4.82. The largest absolute Gasteiger partial charge is 0.495 e. The molecule has 0 heterocycles. The van der Waals surface area contributed by atoms with Crippen LogP contribution in [-0.2, 0) is 4.79 Å². The van der Waals surface area contributed by atoms with Crippen LogP contribution in [0.4, 0.5) is 5.69 Å². The van der Waals surface area contributed by atoms with E-state index in [2.05, 4.69) is 10.5 Å². The molecule has 0 saturated heterocycles. The highest BCUT2D eigenvalue weighted by Crippen LogP contribution is 2.27. The molecule has 0 aliphatic rings. The summed E-state index contributed by atoms with van der Waals surface area (Å²) < 4.78 is 4.99. The summed E-state index contributed by atoms with van der Waals surface area (Å²) in [7, 11) is 1.50. The van der Waals surface area contributed by atoms with Crippen molar-refractivity contribution in [2.45, 2.75) is 6.92 Å². The smallest absolute Gasteiger partial charge is 0.234 e. The summed E-state index contributed by atoms with van der Waals surface area (Å²) >= 11 is 5.92. The quantitative estimate of drug-likeness (QED) is 0.336. The molecule has 1 aromatic rings. The summed E-state index contributed by atoms with van der Waals surface area (Å²) in [5.41, 5.74) is 5.84. The predicted molar refractivity (Wildman–Crippen MR) is 69.2 cm³/mol. The van der Waals surface area contributed by atoms with E-state index < -0.39 is 11.8 Å². The first-order valence-corrected chi connectivity index (χ1v) is 5.49. The molecule has 1 atom stereocenters. The molecule has 0 aromatic heterocycles. The maximum absolute atomic E-state index is 11.7. The number of hydrogen-bond acceptors (Lipinski definition) is 4. The Bertz CT molecular complexity index is 477. The second kappa shape index (κ2) is 6.11. The van der Waals surface area contributed by atoms with Crippen LogP contribution >= 0.6 is 11.6 Å². The molecule has 0 bridgehead atoms. The number of nitrogens with two attached hydrogens (primary N) is 1. The zero-order valence-electron chi connectivity index (χ0n) is 9.98. The van der Waals surface area contributed by atoms with E-state index >= 15 is 0 Å². The minimum atomic E-state index is -0.740. The minimum absolute atomic E-state index is 0.160. The summed E-state index contributed by atoms with van der Waals surface area (Å²) in [5, 5.41) is 14.2. The summed E-state index contributed by atoms with van der Waals surface area (Å²) in [4.78, 5) is 11.7. The Labute approximate surface area is 109 Å². The Morgan fingerprint density at radius 3 is 2.78 bits per heavy atom. The van der Waals surface area contributed by atoms with Gasteiger partial charge in [0, 0.05) is 5.69 Å². The van der Waals surface area contributed by atoms with Gasteiger partial charge in [0.1, 0.15) is 5.75 Å². The van der Waals surface area contributed by atoms with Crippen LogP contribution in [0.2, 0.25) is 5.02 Å². The number of ether oxygens (including phenoxy) is 1. The van der Waals surface area contributed by atoms with E-state index in [9.17, 15) is 4.79 Å². The van der Waals surface area contributed by atoms with Crippen molar-refractivity contribution in [1.29, 1.82) is 0 Å². The van der Waals surface area contributed by atoms with E-state index in [-0.39, 0.29) is 5.84 Å².